The average Bonchev–Trinajstić information content (AvgIpc) is 2.32. The van der Waals surface area contributed by atoms with E-state index in [1.807, 2.05) is 0 Å². The Labute approximate surface area is 80.0 Å². The van der Waals surface area contributed by atoms with Gasteiger partial charge in [0.25, 0.3) is 0 Å². The van der Waals surface area contributed by atoms with Crippen molar-refractivity contribution < 1.29 is 26.3 Å². The summed E-state index contributed by atoms with van der Waals surface area (Å²) in [5.74, 6) is -13.0. The highest BCUT2D eigenvalue weighted by Crippen LogP contribution is 2.65. The second-order valence-corrected chi connectivity index (χ2v) is 4.81. The van der Waals surface area contributed by atoms with Crippen molar-refractivity contribution in [2.45, 2.75) is 23.5 Å². The van der Waals surface area contributed by atoms with Gasteiger partial charge < -0.3 is 0 Å². The van der Waals surface area contributed by atoms with Crippen molar-refractivity contribution in [1.82, 2.24) is 0 Å². The predicted octanol–water partition coefficient (Wildman–Crippen LogP) is 3.23. The average molecular weight is 236 g/mol. The summed E-state index contributed by atoms with van der Waals surface area (Å²) in [7, 11) is 0. The predicted molar refractivity (Wildman–Crippen MR) is 38.9 cm³/mol. The Morgan fingerprint density at radius 1 is 1.00 bits per heavy atom. The molecule has 0 nitrogen and oxygen atoms in total. The summed E-state index contributed by atoms with van der Waals surface area (Å²) in [4.78, 5) is 0. The summed E-state index contributed by atoms with van der Waals surface area (Å²) < 4.78 is 77.0. The van der Waals surface area contributed by atoms with Crippen LogP contribution in [-0.2, 0) is 0 Å². The first-order valence-corrected chi connectivity index (χ1v) is 4.94. The van der Waals surface area contributed by atoms with Gasteiger partial charge in [-0.3, -0.25) is 0 Å². The van der Waals surface area contributed by atoms with E-state index in [9.17, 15) is 26.3 Å². The molecular formula is C7H6F6S. The number of alkyl halides is 6. The first kappa shape index (κ1) is 10.4. The lowest BCUT2D eigenvalue weighted by molar-refractivity contribution is -0.226. The van der Waals surface area contributed by atoms with Crippen molar-refractivity contribution in [2.75, 3.05) is 5.75 Å². The Hall–Kier alpha value is -0.0700. The molecule has 1 aliphatic carbocycles. The molecule has 2 rings (SSSR count). The van der Waals surface area contributed by atoms with Crippen LogP contribution in [0.5, 0.6) is 0 Å². The molecular weight excluding hydrogens is 230 g/mol. The molecule has 0 radical (unpaired) electrons. The number of thioether (sulfide) groups is 1. The Morgan fingerprint density at radius 2 is 1.57 bits per heavy atom. The quantitative estimate of drug-likeness (QED) is 0.582. The molecule has 1 aliphatic heterocycles. The van der Waals surface area contributed by atoms with Gasteiger partial charge >= 0.3 is 17.1 Å². The van der Waals surface area contributed by atoms with Gasteiger partial charge in [0.15, 0.2) is 0 Å². The molecule has 0 amide bonds. The van der Waals surface area contributed by atoms with Crippen molar-refractivity contribution in [3.05, 3.63) is 0 Å². The summed E-state index contributed by atoms with van der Waals surface area (Å²) in [5.41, 5.74) is 0. The van der Waals surface area contributed by atoms with Crippen LogP contribution in [0.2, 0.25) is 0 Å². The van der Waals surface area contributed by atoms with Gasteiger partial charge in [-0.2, -0.15) is 26.3 Å². The van der Waals surface area contributed by atoms with Crippen molar-refractivity contribution in [3.8, 4) is 0 Å². The second-order valence-electron chi connectivity index (χ2n) is 3.64. The minimum Gasteiger partial charge on any atom is -0.200 e. The van der Waals surface area contributed by atoms with Crippen molar-refractivity contribution in [1.29, 1.82) is 0 Å². The lowest BCUT2D eigenvalue weighted by Crippen LogP contribution is -2.44. The summed E-state index contributed by atoms with van der Waals surface area (Å²) in [6.07, 6.45) is -1.13. The van der Waals surface area contributed by atoms with E-state index in [0.717, 1.165) is 0 Å². The molecule has 0 spiro atoms. The van der Waals surface area contributed by atoms with E-state index in [1.54, 1.807) is 0 Å². The van der Waals surface area contributed by atoms with Gasteiger partial charge in [-0.15, -0.1) is 0 Å². The first-order valence-electron chi connectivity index (χ1n) is 3.96. The third-order valence-corrected chi connectivity index (χ3v) is 3.95. The van der Waals surface area contributed by atoms with E-state index in [-0.39, 0.29) is 17.5 Å². The molecule has 82 valence electrons. The largest absolute Gasteiger partial charge is 0.319 e. The highest BCUT2D eigenvalue weighted by Gasteiger charge is 2.77. The van der Waals surface area contributed by atoms with Gasteiger partial charge in [0.05, 0.1) is 0 Å². The van der Waals surface area contributed by atoms with Gasteiger partial charge in [0, 0.05) is 12.2 Å². The zero-order valence-electron chi connectivity index (χ0n) is 6.74. The Bertz CT molecular complexity index is 263. The molecule has 2 unspecified atom stereocenters. The standard InChI is InChI=1S/C7H6F6S/c8-5(9)1-3-2-14-7(12,13)4(3)6(5,10)11/h3-4H,1-2H2. The molecule has 14 heavy (non-hydrogen) atoms. The highest BCUT2D eigenvalue weighted by atomic mass is 32.2. The minimum atomic E-state index is -4.58. The third-order valence-electron chi connectivity index (χ3n) is 2.72. The Balaban J connectivity index is 2.39. The summed E-state index contributed by atoms with van der Waals surface area (Å²) in [6, 6.07) is 0. The Kier molecular flexibility index (Phi) is 1.89. The van der Waals surface area contributed by atoms with Crippen LogP contribution >= 0.6 is 11.8 Å². The van der Waals surface area contributed by atoms with Crippen molar-refractivity contribution in [3.63, 3.8) is 0 Å². The number of hydrogen-bond acceptors (Lipinski definition) is 1. The maximum atomic E-state index is 12.9. The van der Waals surface area contributed by atoms with Gasteiger partial charge in [-0.1, -0.05) is 11.8 Å². The monoisotopic (exact) mass is 236 g/mol. The lowest BCUT2D eigenvalue weighted by Gasteiger charge is -2.26. The zero-order chi connectivity index (χ0) is 10.8. The summed E-state index contributed by atoms with van der Waals surface area (Å²) >= 11 is 0.0479. The normalized spacial score (nSPS) is 42.4. The van der Waals surface area contributed by atoms with Crippen LogP contribution in [0.15, 0.2) is 0 Å². The highest BCUT2D eigenvalue weighted by molar-refractivity contribution is 8.00. The van der Waals surface area contributed by atoms with E-state index < -0.39 is 35.4 Å². The van der Waals surface area contributed by atoms with Gasteiger partial charge in [-0.05, 0) is 5.92 Å². The van der Waals surface area contributed by atoms with Crippen LogP contribution in [0.4, 0.5) is 26.3 Å². The fraction of sp³-hybridized carbons (Fsp3) is 1.00. The topological polar surface area (TPSA) is 0 Å². The maximum Gasteiger partial charge on any atom is 0.319 e. The minimum absolute atomic E-state index is 0.0479. The van der Waals surface area contributed by atoms with E-state index in [0.29, 0.717) is 0 Å². The zero-order valence-corrected chi connectivity index (χ0v) is 7.56. The molecule has 0 N–H and O–H groups in total. The van der Waals surface area contributed by atoms with Gasteiger partial charge in [0.1, 0.15) is 5.92 Å². The number of rotatable bonds is 0. The second kappa shape index (κ2) is 2.54. The molecule has 0 bridgehead atoms. The van der Waals surface area contributed by atoms with E-state index in [2.05, 4.69) is 0 Å². The van der Waals surface area contributed by atoms with E-state index >= 15 is 0 Å². The third kappa shape index (κ3) is 1.10. The summed E-state index contributed by atoms with van der Waals surface area (Å²) in [5, 5.41) is -3.73. The van der Waals surface area contributed by atoms with Crippen molar-refractivity contribution in [2.24, 2.45) is 11.8 Å². The van der Waals surface area contributed by atoms with Crippen LogP contribution in [-0.4, -0.2) is 22.9 Å². The fourth-order valence-corrected chi connectivity index (χ4v) is 3.32. The maximum absolute atomic E-state index is 12.9. The SMILES string of the molecule is FC1(F)SCC2CC(F)(F)C(F)(F)C21. The molecule has 1 saturated carbocycles. The van der Waals surface area contributed by atoms with Crippen LogP contribution in [0.1, 0.15) is 6.42 Å². The van der Waals surface area contributed by atoms with Crippen molar-refractivity contribution >= 4 is 11.8 Å². The molecule has 1 saturated heterocycles. The van der Waals surface area contributed by atoms with E-state index in [1.165, 1.54) is 0 Å². The van der Waals surface area contributed by atoms with Crippen LogP contribution in [0.3, 0.4) is 0 Å². The van der Waals surface area contributed by atoms with E-state index in [4.69, 9.17) is 0 Å². The lowest BCUT2D eigenvalue weighted by atomic mass is 9.97. The molecule has 2 aliphatic rings. The Morgan fingerprint density at radius 3 is 2.07 bits per heavy atom. The van der Waals surface area contributed by atoms with Gasteiger partial charge in [-0.25, -0.2) is 0 Å². The molecule has 7 heteroatoms. The fourth-order valence-electron chi connectivity index (χ4n) is 2.06. The van der Waals surface area contributed by atoms with Gasteiger partial charge in [0.2, 0.25) is 0 Å². The van der Waals surface area contributed by atoms with Crippen LogP contribution < -0.4 is 0 Å². The summed E-state index contributed by atoms with van der Waals surface area (Å²) in [6.45, 7) is 0. The number of halogens is 6. The number of fused-ring (bicyclic) bond motifs is 1. The van der Waals surface area contributed by atoms with Crippen LogP contribution in [0, 0.1) is 11.8 Å². The number of hydrogen-bond donors (Lipinski definition) is 0. The molecule has 0 aromatic heterocycles. The molecule has 0 aromatic rings. The first-order chi connectivity index (χ1) is 6.18. The van der Waals surface area contributed by atoms with Crippen LogP contribution in [0.25, 0.3) is 0 Å². The molecule has 2 fully saturated rings. The molecule has 2 atom stereocenters. The smallest absolute Gasteiger partial charge is 0.200 e. The molecule has 1 heterocycles. The molecule has 0 aromatic carbocycles.